The Balaban J connectivity index is 1.88. The highest BCUT2D eigenvalue weighted by atomic mass is 32.1. The number of hydrogen-bond acceptors (Lipinski definition) is 3. The second kappa shape index (κ2) is 6.75. The zero-order valence-corrected chi connectivity index (χ0v) is 13.8. The fraction of sp³-hybridized carbons (Fsp3) is 0.211. The van der Waals surface area contributed by atoms with Crippen molar-refractivity contribution in [2.24, 2.45) is 0 Å². The molecular weight excluding hydrogens is 288 g/mol. The number of nitrogens with zero attached hydrogens (tertiary/aromatic N) is 2. The van der Waals surface area contributed by atoms with E-state index in [4.69, 9.17) is 4.98 Å². The Morgan fingerprint density at radius 1 is 1.00 bits per heavy atom. The van der Waals surface area contributed by atoms with Gasteiger partial charge in [-0.3, -0.25) is 0 Å². The molecule has 0 radical (unpaired) electrons. The van der Waals surface area contributed by atoms with Gasteiger partial charge >= 0.3 is 0 Å². The Bertz CT molecular complexity index is 770. The molecule has 0 saturated heterocycles. The van der Waals surface area contributed by atoms with E-state index in [-0.39, 0.29) is 0 Å². The van der Waals surface area contributed by atoms with E-state index in [2.05, 4.69) is 61.2 Å². The van der Waals surface area contributed by atoms with Gasteiger partial charge in [-0.05, 0) is 43.7 Å². The zero-order valence-electron chi connectivity index (χ0n) is 13.0. The van der Waals surface area contributed by atoms with Gasteiger partial charge < -0.3 is 4.90 Å². The first-order chi connectivity index (χ1) is 10.8. The van der Waals surface area contributed by atoms with Crippen LogP contribution in [0, 0.1) is 0 Å². The summed E-state index contributed by atoms with van der Waals surface area (Å²) in [6.45, 7) is 6.44. The van der Waals surface area contributed by atoms with Crippen molar-refractivity contribution < 1.29 is 0 Å². The monoisotopic (exact) mass is 308 g/mol. The molecule has 0 amide bonds. The van der Waals surface area contributed by atoms with Gasteiger partial charge in [-0.15, -0.1) is 11.3 Å². The second-order valence-electron chi connectivity index (χ2n) is 5.12. The average molecular weight is 308 g/mol. The molecule has 1 aromatic heterocycles. The molecule has 0 aliphatic carbocycles. The molecule has 1 heterocycles. The summed E-state index contributed by atoms with van der Waals surface area (Å²) in [4.78, 5) is 7.05. The van der Waals surface area contributed by atoms with Gasteiger partial charge in [-0.1, -0.05) is 36.4 Å². The van der Waals surface area contributed by atoms with Gasteiger partial charge in [0.15, 0.2) is 0 Å². The number of anilines is 1. The molecule has 2 aromatic carbocycles. The maximum Gasteiger partial charge on any atom is 0.117 e. The van der Waals surface area contributed by atoms with Gasteiger partial charge in [0, 0.05) is 18.8 Å². The summed E-state index contributed by atoms with van der Waals surface area (Å²) in [6, 6.07) is 16.9. The van der Waals surface area contributed by atoms with E-state index < -0.39 is 0 Å². The van der Waals surface area contributed by atoms with Gasteiger partial charge in [0.05, 0.1) is 10.2 Å². The van der Waals surface area contributed by atoms with Crippen LogP contribution in [0.2, 0.25) is 0 Å². The topological polar surface area (TPSA) is 16.1 Å². The number of rotatable bonds is 5. The van der Waals surface area contributed by atoms with E-state index >= 15 is 0 Å². The van der Waals surface area contributed by atoms with Crippen LogP contribution in [0.5, 0.6) is 0 Å². The van der Waals surface area contributed by atoms with Crippen molar-refractivity contribution in [2.75, 3.05) is 18.0 Å². The number of aromatic nitrogens is 1. The van der Waals surface area contributed by atoms with Gasteiger partial charge in [-0.25, -0.2) is 4.98 Å². The lowest BCUT2D eigenvalue weighted by molar-refractivity contribution is 0.867. The molecule has 0 N–H and O–H groups in total. The zero-order chi connectivity index (χ0) is 15.4. The highest BCUT2D eigenvalue weighted by molar-refractivity contribution is 7.19. The largest absolute Gasteiger partial charge is 0.372 e. The normalized spacial score (nSPS) is 11.4. The van der Waals surface area contributed by atoms with E-state index in [1.165, 1.54) is 16.0 Å². The van der Waals surface area contributed by atoms with E-state index in [1.807, 2.05) is 18.2 Å². The van der Waals surface area contributed by atoms with Crippen LogP contribution in [-0.2, 0) is 0 Å². The third-order valence-corrected chi connectivity index (χ3v) is 4.72. The van der Waals surface area contributed by atoms with Gasteiger partial charge in [0.2, 0.25) is 0 Å². The minimum atomic E-state index is 1.03. The van der Waals surface area contributed by atoms with E-state index in [0.717, 1.165) is 23.6 Å². The molecule has 0 saturated carbocycles. The fourth-order valence-corrected chi connectivity index (χ4v) is 3.42. The fourth-order valence-electron chi connectivity index (χ4n) is 2.52. The molecule has 3 rings (SSSR count). The molecule has 0 unspecified atom stereocenters. The molecule has 0 atom stereocenters. The molecule has 0 spiro atoms. The van der Waals surface area contributed by atoms with Crippen LogP contribution in [0.15, 0.2) is 48.5 Å². The van der Waals surface area contributed by atoms with Crippen molar-refractivity contribution in [3.8, 4) is 0 Å². The van der Waals surface area contributed by atoms with Crippen molar-refractivity contribution in [1.29, 1.82) is 0 Å². The first-order valence-electron chi connectivity index (χ1n) is 7.69. The number of hydrogen-bond donors (Lipinski definition) is 0. The predicted molar refractivity (Wildman–Crippen MR) is 98.6 cm³/mol. The molecule has 0 bridgehead atoms. The summed E-state index contributed by atoms with van der Waals surface area (Å²) < 4.78 is 1.25. The second-order valence-corrected chi connectivity index (χ2v) is 6.18. The van der Waals surface area contributed by atoms with E-state index in [9.17, 15) is 0 Å². The van der Waals surface area contributed by atoms with E-state index in [1.54, 1.807) is 11.3 Å². The van der Waals surface area contributed by atoms with Crippen LogP contribution >= 0.6 is 11.3 Å². The first-order valence-corrected chi connectivity index (χ1v) is 8.50. The molecule has 2 nitrogen and oxygen atoms in total. The lowest BCUT2D eigenvalue weighted by atomic mass is 10.2. The van der Waals surface area contributed by atoms with Crippen LogP contribution in [0.4, 0.5) is 5.69 Å². The van der Waals surface area contributed by atoms with Crippen molar-refractivity contribution in [3.63, 3.8) is 0 Å². The summed E-state index contributed by atoms with van der Waals surface area (Å²) in [6.07, 6.45) is 4.21. The molecule has 112 valence electrons. The lowest BCUT2D eigenvalue weighted by Crippen LogP contribution is -2.21. The Morgan fingerprint density at radius 3 is 2.50 bits per heavy atom. The Kier molecular flexibility index (Phi) is 4.54. The van der Waals surface area contributed by atoms with Crippen molar-refractivity contribution in [3.05, 3.63) is 59.1 Å². The third kappa shape index (κ3) is 3.20. The van der Waals surface area contributed by atoms with Gasteiger partial charge in [0.1, 0.15) is 5.01 Å². The van der Waals surface area contributed by atoms with Gasteiger partial charge in [0.25, 0.3) is 0 Å². The summed E-state index contributed by atoms with van der Waals surface area (Å²) >= 11 is 1.74. The van der Waals surface area contributed by atoms with E-state index in [0.29, 0.717) is 0 Å². The average Bonchev–Trinajstić information content (AvgIpc) is 2.97. The summed E-state index contributed by atoms with van der Waals surface area (Å²) in [5.74, 6) is 0. The Hall–Kier alpha value is -2.13. The molecule has 0 aliphatic heterocycles. The molecule has 3 aromatic rings. The smallest absolute Gasteiger partial charge is 0.117 e. The molecule has 22 heavy (non-hydrogen) atoms. The molecule has 0 aliphatic rings. The van der Waals surface area contributed by atoms with Crippen LogP contribution in [0.25, 0.3) is 22.4 Å². The van der Waals surface area contributed by atoms with Crippen LogP contribution in [0.3, 0.4) is 0 Å². The van der Waals surface area contributed by atoms with Crippen molar-refractivity contribution in [2.45, 2.75) is 13.8 Å². The maximum atomic E-state index is 4.69. The molecule has 0 fully saturated rings. The highest BCUT2D eigenvalue weighted by Crippen LogP contribution is 2.28. The van der Waals surface area contributed by atoms with Crippen LogP contribution < -0.4 is 4.90 Å². The lowest BCUT2D eigenvalue weighted by Gasteiger charge is -2.20. The van der Waals surface area contributed by atoms with Gasteiger partial charge in [-0.2, -0.15) is 0 Å². The summed E-state index contributed by atoms with van der Waals surface area (Å²) in [5.41, 5.74) is 3.55. The van der Waals surface area contributed by atoms with Crippen LogP contribution in [-0.4, -0.2) is 18.1 Å². The Labute approximate surface area is 135 Å². The number of thiazole rings is 1. The maximum absolute atomic E-state index is 4.69. The number of benzene rings is 2. The minimum absolute atomic E-state index is 1.03. The summed E-state index contributed by atoms with van der Waals surface area (Å²) in [7, 11) is 0. The van der Waals surface area contributed by atoms with Crippen molar-refractivity contribution in [1.82, 2.24) is 4.98 Å². The highest BCUT2D eigenvalue weighted by Gasteiger charge is 2.06. The Morgan fingerprint density at radius 2 is 1.77 bits per heavy atom. The molecular formula is C19H20N2S. The van der Waals surface area contributed by atoms with Crippen molar-refractivity contribution >= 4 is 39.4 Å². The summed E-state index contributed by atoms with van der Waals surface area (Å²) in [5, 5.41) is 1.05. The SMILES string of the molecule is CCN(CC)c1ccc2nc(C=Cc3ccccc3)sc2c1. The number of fused-ring (bicyclic) bond motifs is 1. The minimum Gasteiger partial charge on any atom is -0.372 e. The quantitative estimate of drug-likeness (QED) is 0.634. The molecule has 3 heteroatoms. The van der Waals surface area contributed by atoms with Crippen LogP contribution in [0.1, 0.15) is 24.4 Å². The first kappa shape index (κ1) is 14.8. The predicted octanol–water partition coefficient (Wildman–Crippen LogP) is 5.31. The third-order valence-electron chi connectivity index (χ3n) is 3.74. The standard InChI is InChI=1S/C19H20N2S/c1-3-21(4-2)16-11-12-17-18(14-16)22-19(20-17)13-10-15-8-6-5-7-9-15/h5-14H,3-4H2,1-2H3.